The van der Waals surface area contributed by atoms with E-state index >= 15 is 0 Å². The van der Waals surface area contributed by atoms with Crippen molar-refractivity contribution in [1.82, 2.24) is 0 Å². The summed E-state index contributed by atoms with van der Waals surface area (Å²) in [7, 11) is -3.87. The van der Waals surface area contributed by atoms with E-state index in [9.17, 15) is 27.9 Å². The number of primary sulfonamides is 1. The summed E-state index contributed by atoms with van der Waals surface area (Å²) >= 11 is 1.27. The van der Waals surface area contributed by atoms with Crippen molar-refractivity contribution in [3.05, 3.63) is 132 Å². The molecule has 1 atom stereocenters. The zero-order valence-corrected chi connectivity index (χ0v) is 24.1. The largest absolute Gasteiger partial charge is 0.478 e. The fourth-order valence-electron chi connectivity index (χ4n) is 4.53. The lowest BCUT2D eigenvalue weighted by atomic mass is 9.98. The molecule has 0 aliphatic heterocycles. The van der Waals surface area contributed by atoms with Crippen molar-refractivity contribution in [2.75, 3.05) is 10.6 Å². The van der Waals surface area contributed by atoms with Gasteiger partial charge in [-0.3, -0.25) is 9.59 Å². The summed E-state index contributed by atoms with van der Waals surface area (Å²) in [4.78, 5) is 39.3. The monoisotopic (exact) mass is 611 g/mol. The first-order chi connectivity index (χ1) is 20.6. The Hall–Kier alpha value is -4.97. The highest BCUT2D eigenvalue weighted by molar-refractivity contribution is 8.00. The van der Waals surface area contributed by atoms with Gasteiger partial charge in [-0.2, -0.15) is 0 Å². The number of fused-ring (bicyclic) bond motifs is 1. The molecule has 0 aliphatic carbocycles. The summed E-state index contributed by atoms with van der Waals surface area (Å²) < 4.78 is 23.1. The predicted molar refractivity (Wildman–Crippen MR) is 167 cm³/mol. The molecule has 1 unspecified atom stereocenters. The van der Waals surface area contributed by atoms with Crippen molar-refractivity contribution >= 4 is 61.7 Å². The smallest absolute Gasteiger partial charge is 0.336 e. The molecule has 0 aliphatic rings. The normalized spacial score (nSPS) is 11.9. The second-order valence-electron chi connectivity index (χ2n) is 9.46. The van der Waals surface area contributed by atoms with Crippen LogP contribution in [0.5, 0.6) is 0 Å². The van der Waals surface area contributed by atoms with Crippen LogP contribution in [0.2, 0.25) is 0 Å². The van der Waals surface area contributed by atoms with Crippen molar-refractivity contribution in [2.45, 2.75) is 15.0 Å². The van der Waals surface area contributed by atoms with Crippen LogP contribution in [-0.2, 0) is 14.8 Å². The molecule has 5 aromatic carbocycles. The van der Waals surface area contributed by atoms with Crippen LogP contribution in [0, 0.1) is 0 Å². The second-order valence-corrected chi connectivity index (χ2v) is 12.2. The molecule has 0 saturated heterocycles. The molecule has 5 rings (SSSR count). The average Bonchev–Trinajstić information content (AvgIpc) is 2.99. The summed E-state index contributed by atoms with van der Waals surface area (Å²) in [6.07, 6.45) is 0. The molecule has 0 spiro atoms. The van der Waals surface area contributed by atoms with Crippen molar-refractivity contribution < 1.29 is 27.9 Å². The van der Waals surface area contributed by atoms with Crippen molar-refractivity contribution in [1.29, 1.82) is 0 Å². The van der Waals surface area contributed by atoms with Gasteiger partial charge in [-0.15, -0.1) is 11.8 Å². The van der Waals surface area contributed by atoms with Crippen LogP contribution in [0.4, 0.5) is 11.4 Å². The molecule has 0 saturated carbocycles. The van der Waals surface area contributed by atoms with Crippen molar-refractivity contribution in [3.63, 3.8) is 0 Å². The Morgan fingerprint density at radius 1 is 0.721 bits per heavy atom. The molecule has 0 heterocycles. The maximum absolute atomic E-state index is 13.5. The third-order valence-corrected chi connectivity index (χ3v) is 8.69. The Balaban J connectivity index is 1.39. The number of carboxylic acid groups (broad SMARTS) is 1. The van der Waals surface area contributed by atoms with E-state index in [1.54, 1.807) is 48.5 Å². The molecule has 216 valence electrons. The third-order valence-electron chi connectivity index (χ3n) is 6.52. The molecule has 2 amide bonds. The van der Waals surface area contributed by atoms with E-state index in [4.69, 9.17) is 5.14 Å². The van der Waals surface area contributed by atoms with Gasteiger partial charge in [0, 0.05) is 27.2 Å². The first-order valence-electron chi connectivity index (χ1n) is 12.9. The molecule has 9 nitrogen and oxygen atoms in total. The minimum absolute atomic E-state index is 0.0311. The molecule has 5 aromatic rings. The first kappa shape index (κ1) is 29.5. The maximum Gasteiger partial charge on any atom is 0.336 e. The lowest BCUT2D eigenvalue weighted by molar-refractivity contribution is -0.115. The number of carboxylic acids is 1. The van der Waals surface area contributed by atoms with E-state index in [1.165, 1.54) is 42.1 Å². The number of carbonyl (C=O) groups excluding carboxylic acids is 2. The molecule has 5 N–H and O–H groups in total. The lowest BCUT2D eigenvalue weighted by Gasteiger charge is -2.18. The van der Waals surface area contributed by atoms with E-state index < -0.39 is 27.1 Å². The van der Waals surface area contributed by atoms with Crippen LogP contribution in [0.15, 0.2) is 125 Å². The molecule has 0 aromatic heterocycles. The van der Waals surface area contributed by atoms with Gasteiger partial charge in [0.2, 0.25) is 15.9 Å². The number of nitrogens with one attached hydrogen (secondary N) is 2. The van der Waals surface area contributed by atoms with E-state index in [-0.39, 0.29) is 21.9 Å². The van der Waals surface area contributed by atoms with Gasteiger partial charge in [-0.1, -0.05) is 60.7 Å². The molecular weight excluding hydrogens is 587 g/mol. The summed E-state index contributed by atoms with van der Waals surface area (Å²) in [6.45, 7) is 0. The van der Waals surface area contributed by atoms with E-state index in [0.717, 1.165) is 5.56 Å². The lowest BCUT2D eigenvalue weighted by Crippen LogP contribution is -2.19. The summed E-state index contributed by atoms with van der Waals surface area (Å²) in [6, 6.07) is 31.6. The van der Waals surface area contributed by atoms with Gasteiger partial charge in [0.15, 0.2) is 0 Å². The average molecular weight is 612 g/mol. The summed E-state index contributed by atoms with van der Waals surface area (Å²) in [5.41, 5.74) is 1.85. The Kier molecular flexibility index (Phi) is 8.58. The fourth-order valence-corrected chi connectivity index (χ4v) is 6.13. The molecule has 0 bridgehead atoms. The van der Waals surface area contributed by atoms with Crippen molar-refractivity contribution in [2.24, 2.45) is 5.14 Å². The number of nitrogens with two attached hydrogens (primary N) is 1. The Morgan fingerprint density at radius 2 is 1.37 bits per heavy atom. The van der Waals surface area contributed by atoms with Gasteiger partial charge >= 0.3 is 5.97 Å². The number of anilines is 2. The van der Waals surface area contributed by atoms with Gasteiger partial charge in [0.25, 0.3) is 5.91 Å². The topological polar surface area (TPSA) is 156 Å². The number of carbonyl (C=O) groups is 3. The number of benzene rings is 5. The van der Waals surface area contributed by atoms with Crippen LogP contribution >= 0.6 is 11.8 Å². The third kappa shape index (κ3) is 6.92. The first-order valence-corrected chi connectivity index (χ1v) is 15.3. The minimum atomic E-state index is -3.87. The number of hydrogen-bond acceptors (Lipinski definition) is 6. The standard InChI is InChI=1S/C32H25N3O6S2/c33-43(40,41)25-17-15-22(16-18-25)34-31(37)29(21-7-2-1-3-8-21)42-24-12-6-11-23(19-24)35-30(36)26-13-4-9-20-10-5-14-27(28(20)26)32(38)39/h1-19,29H,(H,34,37)(H,35,36)(H,38,39)(H2,33,40,41). The Morgan fingerprint density at radius 3 is 2.02 bits per heavy atom. The van der Waals surface area contributed by atoms with E-state index in [1.807, 2.05) is 36.4 Å². The van der Waals surface area contributed by atoms with E-state index in [0.29, 0.717) is 27.0 Å². The highest BCUT2D eigenvalue weighted by Gasteiger charge is 2.23. The van der Waals surface area contributed by atoms with Gasteiger partial charge in [-0.25, -0.2) is 18.4 Å². The molecule has 0 fully saturated rings. The molecule has 43 heavy (non-hydrogen) atoms. The zero-order valence-electron chi connectivity index (χ0n) is 22.4. The van der Waals surface area contributed by atoms with E-state index in [2.05, 4.69) is 10.6 Å². The highest BCUT2D eigenvalue weighted by Crippen LogP contribution is 2.37. The summed E-state index contributed by atoms with van der Waals surface area (Å²) in [5.74, 6) is -1.94. The van der Waals surface area contributed by atoms with Crippen LogP contribution in [0.1, 0.15) is 31.5 Å². The molecular formula is C32H25N3O6S2. The predicted octanol–water partition coefficient (Wildman–Crippen LogP) is 5.91. The van der Waals surface area contributed by atoms with Crippen LogP contribution in [0.3, 0.4) is 0 Å². The zero-order chi connectivity index (χ0) is 30.6. The van der Waals surface area contributed by atoms with Gasteiger partial charge < -0.3 is 15.7 Å². The fraction of sp³-hybridized carbons (Fsp3) is 0.0312. The summed E-state index contributed by atoms with van der Waals surface area (Å²) in [5, 5.41) is 20.8. The Labute approximate surface area is 251 Å². The Bertz CT molecular complexity index is 1940. The number of sulfonamides is 1. The number of thioether (sulfide) groups is 1. The molecule has 0 radical (unpaired) electrons. The van der Waals surface area contributed by atoms with Gasteiger partial charge in [-0.05, 0) is 65.5 Å². The van der Waals surface area contributed by atoms with Crippen LogP contribution < -0.4 is 15.8 Å². The van der Waals surface area contributed by atoms with Crippen molar-refractivity contribution in [3.8, 4) is 0 Å². The minimum Gasteiger partial charge on any atom is -0.478 e. The van der Waals surface area contributed by atoms with Crippen LogP contribution in [0.25, 0.3) is 10.8 Å². The number of hydrogen-bond donors (Lipinski definition) is 4. The number of aromatic carboxylic acids is 1. The van der Waals surface area contributed by atoms with Crippen LogP contribution in [-0.4, -0.2) is 31.3 Å². The quantitative estimate of drug-likeness (QED) is 0.151. The molecule has 11 heteroatoms. The highest BCUT2D eigenvalue weighted by atomic mass is 32.2. The number of rotatable bonds is 9. The second kappa shape index (κ2) is 12.5. The van der Waals surface area contributed by atoms with Gasteiger partial charge in [0.05, 0.1) is 10.5 Å². The van der Waals surface area contributed by atoms with Gasteiger partial charge in [0.1, 0.15) is 5.25 Å². The maximum atomic E-state index is 13.5. The SMILES string of the molecule is NS(=O)(=O)c1ccc(NC(=O)C(Sc2cccc(NC(=O)c3cccc4cccc(C(=O)O)c34)c2)c2ccccc2)cc1. The number of amides is 2.